The molecule has 0 fully saturated rings. The number of rotatable bonds is 6. The predicted octanol–water partition coefficient (Wildman–Crippen LogP) is 5.16. The van der Waals surface area contributed by atoms with Gasteiger partial charge in [-0.15, -0.1) is 0 Å². The highest BCUT2D eigenvalue weighted by Gasteiger charge is 2.24. The zero-order valence-electron chi connectivity index (χ0n) is 17.3. The van der Waals surface area contributed by atoms with Crippen LogP contribution in [0.3, 0.4) is 0 Å². The molecule has 1 amide bonds. The summed E-state index contributed by atoms with van der Waals surface area (Å²) in [5.74, 6) is -1.17. The number of para-hydroxylation sites is 2. The SMILES string of the molecule is CC(C)(O)c1ccc(C(Cc2ccc(F)cc2)C(=O)Nc2nc3ccccc3o2)cc1. The number of benzene rings is 3. The van der Waals surface area contributed by atoms with Gasteiger partial charge in [0.15, 0.2) is 5.58 Å². The molecule has 2 N–H and O–H groups in total. The maximum Gasteiger partial charge on any atom is 0.302 e. The molecule has 1 atom stereocenters. The fraction of sp³-hybridized carbons (Fsp3) is 0.200. The molecule has 1 heterocycles. The monoisotopic (exact) mass is 418 g/mol. The van der Waals surface area contributed by atoms with Crippen LogP contribution >= 0.6 is 0 Å². The van der Waals surface area contributed by atoms with E-state index in [-0.39, 0.29) is 17.7 Å². The number of nitrogens with one attached hydrogen (secondary N) is 1. The number of nitrogens with zero attached hydrogens (tertiary/aromatic N) is 1. The summed E-state index contributed by atoms with van der Waals surface area (Å²) in [5, 5.41) is 13.0. The topological polar surface area (TPSA) is 75.4 Å². The number of halogens is 1. The first-order valence-electron chi connectivity index (χ1n) is 10.0. The highest BCUT2D eigenvalue weighted by Crippen LogP contribution is 2.27. The van der Waals surface area contributed by atoms with Crippen LogP contribution in [0.2, 0.25) is 0 Å². The zero-order chi connectivity index (χ0) is 22.0. The van der Waals surface area contributed by atoms with Crippen LogP contribution < -0.4 is 5.32 Å². The van der Waals surface area contributed by atoms with Crippen molar-refractivity contribution < 1.29 is 18.7 Å². The maximum atomic E-state index is 13.3. The number of hydrogen-bond acceptors (Lipinski definition) is 4. The van der Waals surface area contributed by atoms with E-state index in [4.69, 9.17) is 4.42 Å². The van der Waals surface area contributed by atoms with Crippen molar-refractivity contribution in [3.05, 3.63) is 95.3 Å². The molecule has 0 aliphatic rings. The van der Waals surface area contributed by atoms with Gasteiger partial charge >= 0.3 is 6.01 Å². The van der Waals surface area contributed by atoms with Crippen molar-refractivity contribution in [2.45, 2.75) is 31.8 Å². The van der Waals surface area contributed by atoms with Gasteiger partial charge in [0.05, 0.1) is 11.5 Å². The second kappa shape index (κ2) is 8.32. The first-order valence-corrected chi connectivity index (χ1v) is 10.0. The van der Waals surface area contributed by atoms with Crippen LogP contribution in [-0.4, -0.2) is 16.0 Å². The number of carbonyl (C=O) groups excluding carboxylic acids is 1. The number of aromatic nitrogens is 1. The van der Waals surface area contributed by atoms with Crippen LogP contribution in [0.5, 0.6) is 0 Å². The Morgan fingerprint density at radius 1 is 1.06 bits per heavy atom. The minimum Gasteiger partial charge on any atom is -0.423 e. The Labute approximate surface area is 179 Å². The van der Waals surface area contributed by atoms with E-state index >= 15 is 0 Å². The molecule has 4 rings (SSSR count). The van der Waals surface area contributed by atoms with Crippen LogP contribution in [0.25, 0.3) is 11.1 Å². The fourth-order valence-corrected chi connectivity index (χ4v) is 3.46. The van der Waals surface area contributed by atoms with E-state index in [1.54, 1.807) is 50.2 Å². The third-order valence-corrected chi connectivity index (χ3v) is 5.21. The van der Waals surface area contributed by atoms with E-state index in [9.17, 15) is 14.3 Å². The Balaban J connectivity index is 1.63. The molecule has 4 aromatic rings. The molecular formula is C25H23FN2O3. The molecule has 1 unspecified atom stereocenters. The first kappa shape index (κ1) is 20.8. The highest BCUT2D eigenvalue weighted by atomic mass is 19.1. The van der Waals surface area contributed by atoms with E-state index in [1.165, 1.54) is 12.1 Å². The lowest BCUT2D eigenvalue weighted by Gasteiger charge is -2.20. The number of fused-ring (bicyclic) bond motifs is 1. The molecule has 31 heavy (non-hydrogen) atoms. The molecule has 0 spiro atoms. The summed E-state index contributed by atoms with van der Waals surface area (Å²) in [4.78, 5) is 17.5. The lowest BCUT2D eigenvalue weighted by molar-refractivity contribution is -0.117. The second-order valence-electron chi connectivity index (χ2n) is 8.04. The van der Waals surface area contributed by atoms with E-state index in [0.717, 1.165) is 16.7 Å². The van der Waals surface area contributed by atoms with E-state index < -0.39 is 11.5 Å². The summed E-state index contributed by atoms with van der Waals surface area (Å²) in [6.45, 7) is 3.41. The fourth-order valence-electron chi connectivity index (χ4n) is 3.46. The van der Waals surface area contributed by atoms with Crippen molar-refractivity contribution in [2.24, 2.45) is 0 Å². The Morgan fingerprint density at radius 2 is 1.74 bits per heavy atom. The Hall–Kier alpha value is -3.51. The van der Waals surface area contributed by atoms with E-state index in [0.29, 0.717) is 17.5 Å². The van der Waals surface area contributed by atoms with Gasteiger partial charge in [0, 0.05) is 0 Å². The number of amides is 1. The smallest absolute Gasteiger partial charge is 0.302 e. The maximum absolute atomic E-state index is 13.3. The predicted molar refractivity (Wildman–Crippen MR) is 117 cm³/mol. The van der Waals surface area contributed by atoms with Crippen LogP contribution in [0.1, 0.15) is 36.5 Å². The molecule has 0 aliphatic heterocycles. The number of carbonyl (C=O) groups is 1. The van der Waals surface area contributed by atoms with Crippen molar-refractivity contribution in [1.29, 1.82) is 0 Å². The molecule has 0 aliphatic carbocycles. The van der Waals surface area contributed by atoms with Gasteiger partial charge in [-0.25, -0.2) is 4.39 Å². The quantitative estimate of drug-likeness (QED) is 0.454. The molecular weight excluding hydrogens is 395 g/mol. The average Bonchev–Trinajstić information content (AvgIpc) is 3.15. The van der Waals surface area contributed by atoms with Gasteiger partial charge in [-0.2, -0.15) is 4.98 Å². The van der Waals surface area contributed by atoms with Crippen LogP contribution in [-0.2, 0) is 16.8 Å². The molecule has 6 heteroatoms. The van der Waals surface area contributed by atoms with Crippen LogP contribution in [0.15, 0.2) is 77.2 Å². The van der Waals surface area contributed by atoms with Gasteiger partial charge in [-0.05, 0) is 61.2 Å². The van der Waals surface area contributed by atoms with Crippen molar-refractivity contribution in [1.82, 2.24) is 4.98 Å². The standard InChI is InChI=1S/C25H23FN2O3/c1-25(2,30)18-11-9-17(10-12-18)20(15-16-7-13-19(26)14-8-16)23(29)28-24-27-21-5-3-4-6-22(21)31-24/h3-14,20,30H,15H2,1-2H3,(H,27,28,29). The lowest BCUT2D eigenvalue weighted by atomic mass is 9.89. The summed E-state index contributed by atoms with van der Waals surface area (Å²) < 4.78 is 19.0. The van der Waals surface area contributed by atoms with Gasteiger partial charge in [0.1, 0.15) is 11.3 Å². The summed E-state index contributed by atoms with van der Waals surface area (Å²) in [5.41, 5.74) is 2.60. The third-order valence-electron chi connectivity index (χ3n) is 5.21. The Kier molecular flexibility index (Phi) is 5.57. The van der Waals surface area contributed by atoms with Crippen LogP contribution in [0, 0.1) is 5.82 Å². The Bertz CT molecular complexity index is 1160. The minimum absolute atomic E-state index is 0.128. The van der Waals surface area contributed by atoms with Crippen molar-refractivity contribution >= 4 is 23.0 Å². The van der Waals surface area contributed by atoms with E-state index in [1.807, 2.05) is 24.3 Å². The van der Waals surface area contributed by atoms with E-state index in [2.05, 4.69) is 10.3 Å². The van der Waals surface area contributed by atoms with Gasteiger partial charge in [-0.1, -0.05) is 48.5 Å². The number of oxazole rings is 1. The Morgan fingerprint density at radius 3 is 2.39 bits per heavy atom. The van der Waals surface area contributed by atoms with Crippen molar-refractivity contribution in [3.63, 3.8) is 0 Å². The molecule has 158 valence electrons. The molecule has 3 aromatic carbocycles. The number of aliphatic hydroxyl groups is 1. The minimum atomic E-state index is -0.981. The molecule has 0 saturated heterocycles. The van der Waals surface area contributed by atoms with Crippen LogP contribution in [0.4, 0.5) is 10.4 Å². The summed E-state index contributed by atoms with van der Waals surface area (Å²) >= 11 is 0. The second-order valence-corrected chi connectivity index (χ2v) is 8.04. The summed E-state index contributed by atoms with van der Waals surface area (Å²) in [7, 11) is 0. The third kappa shape index (κ3) is 4.81. The van der Waals surface area contributed by atoms with Crippen molar-refractivity contribution in [3.8, 4) is 0 Å². The molecule has 5 nitrogen and oxygen atoms in total. The molecule has 0 radical (unpaired) electrons. The van der Waals surface area contributed by atoms with Gasteiger partial charge in [0.25, 0.3) is 0 Å². The summed E-state index contributed by atoms with van der Waals surface area (Å²) in [6.07, 6.45) is 0.369. The molecule has 0 bridgehead atoms. The first-order chi connectivity index (χ1) is 14.8. The lowest BCUT2D eigenvalue weighted by Crippen LogP contribution is -2.23. The largest absolute Gasteiger partial charge is 0.423 e. The van der Waals surface area contributed by atoms with Gasteiger partial charge < -0.3 is 9.52 Å². The normalized spacial score (nSPS) is 12.6. The molecule has 0 saturated carbocycles. The summed E-state index contributed by atoms with van der Waals surface area (Å²) in [6, 6.07) is 20.7. The number of anilines is 1. The van der Waals surface area contributed by atoms with Gasteiger partial charge in [-0.3, -0.25) is 10.1 Å². The van der Waals surface area contributed by atoms with Crippen molar-refractivity contribution in [2.75, 3.05) is 5.32 Å². The molecule has 1 aromatic heterocycles. The number of hydrogen-bond donors (Lipinski definition) is 2. The van der Waals surface area contributed by atoms with Gasteiger partial charge in [0.2, 0.25) is 5.91 Å². The zero-order valence-corrected chi connectivity index (χ0v) is 17.3. The highest BCUT2D eigenvalue weighted by molar-refractivity contribution is 5.95. The average molecular weight is 418 g/mol.